The lowest BCUT2D eigenvalue weighted by atomic mass is 10.2. The first-order valence-electron chi connectivity index (χ1n) is 6.84. The normalized spacial score (nSPS) is 10.9. The second-order valence-electron chi connectivity index (χ2n) is 4.21. The zero-order valence-electron chi connectivity index (χ0n) is 12.6. The van der Waals surface area contributed by atoms with Gasteiger partial charge in [-0.05, 0) is 26.1 Å². The van der Waals surface area contributed by atoms with E-state index in [2.05, 4.69) is 15.0 Å². The fourth-order valence-corrected chi connectivity index (χ4v) is 2.05. The fraction of sp³-hybridized carbons (Fsp3) is 0.400. The minimum Gasteiger partial charge on any atom is -0.468 e. The van der Waals surface area contributed by atoms with Crippen LogP contribution in [0.4, 0.5) is 0 Å². The zero-order chi connectivity index (χ0) is 15.7. The molecule has 21 heavy (non-hydrogen) atoms. The number of rotatable bonds is 5. The maximum absolute atomic E-state index is 11.3. The van der Waals surface area contributed by atoms with Crippen LogP contribution < -0.4 is 5.32 Å². The maximum Gasteiger partial charge on any atom is 0.327 e. The monoisotopic (exact) mass is 307 g/mol. The van der Waals surface area contributed by atoms with Gasteiger partial charge in [-0.2, -0.15) is 0 Å². The molecule has 6 heteroatoms. The summed E-state index contributed by atoms with van der Waals surface area (Å²) in [5.41, 5.74) is 0.871. The van der Waals surface area contributed by atoms with Crippen LogP contribution in [0, 0.1) is 0 Å². The molecule has 0 aliphatic heterocycles. The number of methoxy groups -OCH3 is 1. The summed E-state index contributed by atoms with van der Waals surface area (Å²) in [6.07, 6.45) is 0. The molecule has 1 aromatic rings. The van der Waals surface area contributed by atoms with E-state index >= 15 is 0 Å². The maximum atomic E-state index is 11.3. The standard InChI is InChI=1S/C15H21N3O2S/c1-4-18(5-2)15(21)17-14(16-11-13(19)20-3)12-9-7-6-8-10-12/h6-10H,4-5,11H2,1-3H3,(H,16,17,21). The molecule has 1 aromatic carbocycles. The van der Waals surface area contributed by atoms with Gasteiger partial charge in [0.2, 0.25) is 0 Å². The van der Waals surface area contributed by atoms with Crippen molar-refractivity contribution in [2.75, 3.05) is 26.7 Å². The summed E-state index contributed by atoms with van der Waals surface area (Å²) in [6.45, 7) is 5.63. The SMILES string of the molecule is CCN(CC)C(=S)NC(=NCC(=O)OC)c1ccccc1. The van der Waals surface area contributed by atoms with E-state index in [0.29, 0.717) is 10.9 Å². The largest absolute Gasteiger partial charge is 0.468 e. The Morgan fingerprint density at radius 2 is 1.90 bits per heavy atom. The Bertz CT molecular complexity index is 499. The highest BCUT2D eigenvalue weighted by molar-refractivity contribution is 7.80. The summed E-state index contributed by atoms with van der Waals surface area (Å²) in [7, 11) is 1.34. The minimum atomic E-state index is -0.390. The molecule has 114 valence electrons. The number of hydrogen-bond acceptors (Lipinski definition) is 4. The average Bonchev–Trinajstić information content (AvgIpc) is 2.53. The molecule has 0 aliphatic rings. The van der Waals surface area contributed by atoms with E-state index in [0.717, 1.165) is 18.7 Å². The number of benzene rings is 1. The van der Waals surface area contributed by atoms with E-state index in [-0.39, 0.29) is 12.5 Å². The van der Waals surface area contributed by atoms with Crippen LogP contribution >= 0.6 is 12.2 Å². The van der Waals surface area contributed by atoms with E-state index < -0.39 is 0 Å². The summed E-state index contributed by atoms with van der Waals surface area (Å²) in [5, 5.41) is 3.70. The van der Waals surface area contributed by atoms with Gasteiger partial charge in [0, 0.05) is 18.7 Å². The number of carbonyl (C=O) groups is 1. The van der Waals surface area contributed by atoms with Gasteiger partial charge in [0.05, 0.1) is 7.11 Å². The molecular formula is C15H21N3O2S. The lowest BCUT2D eigenvalue weighted by Gasteiger charge is -2.23. The van der Waals surface area contributed by atoms with Crippen molar-refractivity contribution in [3.05, 3.63) is 35.9 Å². The second-order valence-corrected chi connectivity index (χ2v) is 4.60. The van der Waals surface area contributed by atoms with Crippen LogP contribution in [-0.4, -0.2) is 48.6 Å². The van der Waals surface area contributed by atoms with Crippen LogP contribution in [0.2, 0.25) is 0 Å². The first kappa shape index (κ1) is 17.1. The van der Waals surface area contributed by atoms with Crippen molar-refractivity contribution < 1.29 is 9.53 Å². The summed E-state index contributed by atoms with van der Waals surface area (Å²) in [6, 6.07) is 9.56. The molecule has 0 bridgehead atoms. The van der Waals surface area contributed by atoms with Crippen LogP contribution in [-0.2, 0) is 9.53 Å². The van der Waals surface area contributed by atoms with Crippen LogP contribution in [0.25, 0.3) is 0 Å². The van der Waals surface area contributed by atoms with Crippen LogP contribution in [0.3, 0.4) is 0 Å². The molecule has 0 aliphatic carbocycles. The van der Waals surface area contributed by atoms with E-state index in [1.54, 1.807) is 0 Å². The Hall–Kier alpha value is -1.95. The van der Waals surface area contributed by atoms with Gasteiger partial charge in [-0.15, -0.1) is 0 Å². The topological polar surface area (TPSA) is 53.9 Å². The van der Waals surface area contributed by atoms with Gasteiger partial charge in [-0.3, -0.25) is 9.79 Å². The quantitative estimate of drug-likeness (QED) is 0.389. The van der Waals surface area contributed by atoms with Crippen LogP contribution in [0.15, 0.2) is 35.3 Å². The summed E-state index contributed by atoms with van der Waals surface area (Å²) < 4.78 is 4.61. The molecule has 0 saturated carbocycles. The third kappa shape index (κ3) is 5.51. The molecular weight excluding hydrogens is 286 g/mol. The molecule has 1 rings (SSSR count). The Morgan fingerprint density at radius 1 is 1.29 bits per heavy atom. The van der Waals surface area contributed by atoms with Gasteiger partial charge in [0.1, 0.15) is 12.4 Å². The van der Waals surface area contributed by atoms with Crippen molar-refractivity contribution in [1.29, 1.82) is 0 Å². The third-order valence-electron chi connectivity index (χ3n) is 2.92. The van der Waals surface area contributed by atoms with Crippen LogP contribution in [0.5, 0.6) is 0 Å². The summed E-state index contributed by atoms with van der Waals surface area (Å²) >= 11 is 5.38. The van der Waals surface area contributed by atoms with Gasteiger partial charge in [0.15, 0.2) is 5.11 Å². The lowest BCUT2D eigenvalue weighted by Crippen LogP contribution is -2.43. The van der Waals surface area contributed by atoms with Crippen molar-refractivity contribution in [2.24, 2.45) is 4.99 Å². The predicted octanol–water partition coefficient (Wildman–Crippen LogP) is 1.82. The minimum absolute atomic E-state index is 0.0470. The zero-order valence-corrected chi connectivity index (χ0v) is 13.4. The van der Waals surface area contributed by atoms with Gasteiger partial charge < -0.3 is 15.0 Å². The van der Waals surface area contributed by atoms with Gasteiger partial charge in [-0.25, -0.2) is 0 Å². The van der Waals surface area contributed by atoms with Gasteiger partial charge >= 0.3 is 5.97 Å². The summed E-state index contributed by atoms with van der Waals surface area (Å²) in [4.78, 5) is 17.6. The molecule has 0 heterocycles. The summed E-state index contributed by atoms with van der Waals surface area (Å²) in [5.74, 6) is 0.178. The highest BCUT2D eigenvalue weighted by Gasteiger charge is 2.10. The van der Waals surface area contributed by atoms with Crippen LogP contribution in [0.1, 0.15) is 19.4 Å². The second kappa shape index (κ2) is 9.07. The number of aliphatic imine (C=N–C) groups is 1. The lowest BCUT2D eigenvalue weighted by molar-refractivity contribution is -0.138. The van der Waals surface area contributed by atoms with Crippen molar-refractivity contribution in [3.63, 3.8) is 0 Å². The number of amidine groups is 1. The molecule has 0 aromatic heterocycles. The average molecular weight is 307 g/mol. The predicted molar refractivity (Wildman–Crippen MR) is 88.5 cm³/mol. The van der Waals surface area contributed by atoms with E-state index in [1.807, 2.05) is 49.1 Å². The Kier molecular flexibility index (Phi) is 7.39. The first-order chi connectivity index (χ1) is 10.1. The van der Waals surface area contributed by atoms with Gasteiger partial charge in [-0.1, -0.05) is 30.3 Å². The first-order valence-corrected chi connectivity index (χ1v) is 7.25. The molecule has 1 N–H and O–H groups in total. The molecule has 0 amide bonds. The Labute approximate surface area is 131 Å². The molecule has 5 nitrogen and oxygen atoms in total. The number of nitrogens with zero attached hydrogens (tertiary/aromatic N) is 2. The smallest absolute Gasteiger partial charge is 0.327 e. The van der Waals surface area contributed by atoms with Crippen molar-refractivity contribution in [1.82, 2.24) is 10.2 Å². The third-order valence-corrected chi connectivity index (χ3v) is 3.28. The highest BCUT2D eigenvalue weighted by Crippen LogP contribution is 2.01. The molecule has 0 atom stereocenters. The van der Waals surface area contributed by atoms with E-state index in [4.69, 9.17) is 12.2 Å². The number of esters is 1. The van der Waals surface area contributed by atoms with Crippen molar-refractivity contribution >= 4 is 29.1 Å². The van der Waals surface area contributed by atoms with Gasteiger partial charge in [0.25, 0.3) is 0 Å². The molecule has 0 saturated heterocycles. The molecule has 0 radical (unpaired) electrons. The van der Waals surface area contributed by atoms with E-state index in [9.17, 15) is 4.79 Å². The highest BCUT2D eigenvalue weighted by atomic mass is 32.1. The number of thiocarbonyl (C=S) groups is 1. The fourth-order valence-electron chi connectivity index (χ4n) is 1.70. The Morgan fingerprint density at radius 3 is 2.43 bits per heavy atom. The number of nitrogens with one attached hydrogen (secondary N) is 1. The van der Waals surface area contributed by atoms with E-state index in [1.165, 1.54) is 7.11 Å². The number of ether oxygens (including phenoxy) is 1. The number of carbonyl (C=O) groups excluding carboxylic acids is 1. The number of hydrogen-bond donors (Lipinski definition) is 1. The van der Waals surface area contributed by atoms with Crippen molar-refractivity contribution in [2.45, 2.75) is 13.8 Å². The molecule has 0 unspecified atom stereocenters. The molecule has 0 fully saturated rings. The van der Waals surface area contributed by atoms with Crippen molar-refractivity contribution in [3.8, 4) is 0 Å². The Balaban J connectivity index is 2.92. The molecule has 0 spiro atoms.